The van der Waals surface area contributed by atoms with E-state index in [-0.39, 0.29) is 66.8 Å². The quantitative estimate of drug-likeness (QED) is 0.130. The number of carbonyl (C=O) groups is 4. The van der Waals surface area contributed by atoms with Crippen molar-refractivity contribution in [2.24, 2.45) is 11.8 Å². The Bertz CT molecular complexity index is 2700. The Morgan fingerprint density at radius 3 is 2.27 bits per heavy atom. The number of amides is 4. The summed E-state index contributed by atoms with van der Waals surface area (Å²) in [5.41, 5.74) is 2.84. The molecule has 3 unspecified atom stereocenters. The lowest BCUT2D eigenvalue weighted by molar-refractivity contribution is -0.137. The maximum absolute atomic E-state index is 15.0. The van der Waals surface area contributed by atoms with E-state index >= 15 is 0 Å². The third-order valence-corrected chi connectivity index (χ3v) is 18.6. The highest BCUT2D eigenvalue weighted by atomic mass is 35.5. The molecule has 3 N–H and O–H groups in total. The fourth-order valence-electron chi connectivity index (χ4n) is 13.7. The number of hydrogen-bond acceptors (Lipinski definition) is 11. The molecule has 3 aromatic rings. The first-order chi connectivity index (χ1) is 38.2. The molecule has 0 spiro atoms. The van der Waals surface area contributed by atoms with Crippen LogP contribution in [0, 0.1) is 11.8 Å². The Balaban J connectivity index is 0.692. The summed E-state index contributed by atoms with van der Waals surface area (Å²) < 4.78 is 28.7. The molecule has 15 nitrogen and oxygen atoms in total. The molecule has 10 rings (SSSR count). The molecule has 5 fully saturated rings. The van der Waals surface area contributed by atoms with Crippen molar-refractivity contribution in [3.63, 3.8) is 0 Å². The van der Waals surface area contributed by atoms with Gasteiger partial charge in [-0.1, -0.05) is 68.1 Å². The van der Waals surface area contributed by atoms with Crippen LogP contribution >= 0.6 is 11.6 Å². The molecule has 4 aliphatic heterocycles. The number of fused-ring (bicyclic) bond motifs is 1. The average Bonchev–Trinajstić information content (AvgIpc) is 3.84. The second kappa shape index (κ2) is 25.6. The number of benzene rings is 2. The van der Waals surface area contributed by atoms with Crippen LogP contribution in [0.4, 0.5) is 14.6 Å². The second-order valence-corrected chi connectivity index (χ2v) is 24.3. The van der Waals surface area contributed by atoms with Crippen molar-refractivity contribution in [1.82, 2.24) is 45.1 Å². The van der Waals surface area contributed by atoms with E-state index in [4.69, 9.17) is 11.6 Å². The van der Waals surface area contributed by atoms with Gasteiger partial charge in [0.25, 0.3) is 5.91 Å². The number of halogens is 3. The Morgan fingerprint density at radius 1 is 0.810 bits per heavy atom. The summed E-state index contributed by atoms with van der Waals surface area (Å²) in [7, 11) is 0. The van der Waals surface area contributed by atoms with Gasteiger partial charge >= 0.3 is 0 Å². The van der Waals surface area contributed by atoms with E-state index in [2.05, 4.69) is 42.2 Å². The maximum Gasteiger partial charge on any atom is 0.251 e. The van der Waals surface area contributed by atoms with E-state index in [1.54, 1.807) is 6.33 Å². The van der Waals surface area contributed by atoms with Crippen molar-refractivity contribution in [2.75, 3.05) is 110 Å². The van der Waals surface area contributed by atoms with Crippen LogP contribution in [-0.4, -0.2) is 180 Å². The number of anilines is 1. The third-order valence-electron chi connectivity index (χ3n) is 18.4. The van der Waals surface area contributed by atoms with Gasteiger partial charge < -0.3 is 40.2 Å². The van der Waals surface area contributed by atoms with Crippen LogP contribution in [0.1, 0.15) is 141 Å². The zero-order valence-corrected chi connectivity index (χ0v) is 47.0. The average molecular weight is 1110 g/mol. The predicted molar refractivity (Wildman–Crippen MR) is 302 cm³/mol. The van der Waals surface area contributed by atoms with Crippen molar-refractivity contribution in [2.45, 2.75) is 120 Å². The third kappa shape index (κ3) is 13.7. The molecule has 79 heavy (non-hydrogen) atoms. The molecule has 4 saturated heterocycles. The van der Waals surface area contributed by atoms with E-state index in [1.807, 2.05) is 63.2 Å². The predicted octanol–water partition coefficient (Wildman–Crippen LogP) is 7.55. The number of piperidine rings is 2. The van der Waals surface area contributed by atoms with E-state index in [1.165, 1.54) is 19.1 Å². The summed E-state index contributed by atoms with van der Waals surface area (Å²) in [6.45, 7) is 13.5. The van der Waals surface area contributed by atoms with Gasteiger partial charge in [0.1, 0.15) is 29.7 Å². The molecule has 426 valence electrons. The summed E-state index contributed by atoms with van der Waals surface area (Å²) >= 11 is 6.34. The lowest BCUT2D eigenvalue weighted by Gasteiger charge is -2.41. The van der Waals surface area contributed by atoms with Crippen molar-refractivity contribution in [1.29, 1.82) is 0 Å². The summed E-state index contributed by atoms with van der Waals surface area (Å²) in [6.07, 6.45) is 12.8. The van der Waals surface area contributed by atoms with Gasteiger partial charge in [-0.3, -0.25) is 24.1 Å². The molecular weight excluding hydrogens is 1030 g/mol. The Kier molecular flexibility index (Phi) is 18.5. The second-order valence-electron chi connectivity index (χ2n) is 23.9. The van der Waals surface area contributed by atoms with Crippen LogP contribution in [0.5, 0.6) is 0 Å². The largest absolute Gasteiger partial charge is 0.387 e. The van der Waals surface area contributed by atoms with E-state index < -0.39 is 23.6 Å². The number of likely N-dealkylation sites (tertiary alicyclic amines) is 2. The molecule has 6 atom stereocenters. The van der Waals surface area contributed by atoms with Crippen molar-refractivity contribution in [3.05, 3.63) is 111 Å². The van der Waals surface area contributed by atoms with E-state index in [0.717, 1.165) is 119 Å². The summed E-state index contributed by atoms with van der Waals surface area (Å²) in [6, 6.07) is 14.8. The van der Waals surface area contributed by atoms with Crippen LogP contribution in [0.15, 0.2) is 78.4 Å². The van der Waals surface area contributed by atoms with Gasteiger partial charge in [-0.25, -0.2) is 18.7 Å². The minimum atomic E-state index is -1.80. The number of alkyl halides is 1. The normalized spacial score (nSPS) is 25.6. The SMILES string of the molecule is C[C@@H]1C[C@@H](O)c2ncnc(N3CCN(C(=O)C(CN4CCC(CN5CCN(C(=O)[C@H](NC(=O)c6cccc(C7CCCN(C(=O)CNCC8=CC=C(F)CC8(C)F)C7)c6)C6CCCCC6)CC5)CC4)c4ccc(Cl)cc4)CC3)c21. The van der Waals surface area contributed by atoms with E-state index in [9.17, 15) is 33.1 Å². The molecule has 4 amide bonds. The Labute approximate surface area is 470 Å². The first-order valence-electron chi connectivity index (χ1n) is 29.4. The first-order valence-corrected chi connectivity index (χ1v) is 29.7. The molecule has 18 heteroatoms. The number of aromatic nitrogens is 2. The van der Waals surface area contributed by atoms with Gasteiger partial charge in [-0.05, 0) is 130 Å². The van der Waals surface area contributed by atoms with Crippen LogP contribution in [-0.2, 0) is 14.4 Å². The fourth-order valence-corrected chi connectivity index (χ4v) is 13.8. The molecule has 1 saturated carbocycles. The Morgan fingerprint density at radius 2 is 1.53 bits per heavy atom. The zero-order chi connectivity index (χ0) is 55.2. The maximum atomic E-state index is 15.0. The number of rotatable bonds is 16. The number of carbonyl (C=O) groups excluding carboxylic acids is 4. The number of aliphatic hydroxyl groups is 1. The zero-order valence-electron chi connectivity index (χ0n) is 46.3. The number of nitrogens with zero attached hydrogens (tertiary/aromatic N) is 8. The van der Waals surface area contributed by atoms with Gasteiger partial charge in [0.05, 0.1) is 24.3 Å². The van der Waals surface area contributed by atoms with Crippen LogP contribution < -0.4 is 15.5 Å². The number of piperazine rings is 2. The van der Waals surface area contributed by atoms with Gasteiger partial charge in [0, 0.05) is 114 Å². The molecule has 5 heterocycles. The molecule has 0 bridgehead atoms. The number of aliphatic hydroxyl groups excluding tert-OH is 1. The van der Waals surface area contributed by atoms with Crippen LogP contribution in [0.3, 0.4) is 0 Å². The van der Waals surface area contributed by atoms with E-state index in [0.29, 0.717) is 87.4 Å². The minimum Gasteiger partial charge on any atom is -0.387 e. The standard InChI is InChI=1S/C61H81ClF2N10O5/c1-41-32-52(75)56-54(41)57(67-40-66-56)71-28-30-72(31-29-71)59(78)51(43-13-16-49(62)17-14-43)39-69-22-19-42(20-23-69)37-70-24-26-73(27-25-70)60(79)55(44-8-4-3-5-9-44)68-58(77)46-11-6-10-45(33-46)47-12-7-21-74(38-47)53(76)36-65-35-48-15-18-50(63)34-61(48,2)64/h6,10-11,13-18,33,40-42,44,47,51-52,55,65,75H,3-5,7-9,12,19-32,34-39H2,1-2H3,(H,68,77)/t41-,47?,51?,52-,55-,61?/m1/s1. The summed E-state index contributed by atoms with van der Waals surface area (Å²) in [5.74, 6) is 0.675. The van der Waals surface area contributed by atoms with Crippen LogP contribution in [0.2, 0.25) is 5.02 Å². The summed E-state index contributed by atoms with van der Waals surface area (Å²) in [4.78, 5) is 78.6. The van der Waals surface area contributed by atoms with Crippen molar-refractivity contribution >= 4 is 41.0 Å². The van der Waals surface area contributed by atoms with Crippen molar-refractivity contribution in [3.8, 4) is 0 Å². The molecular formula is C61H81ClF2N10O5. The number of allylic oxidation sites excluding steroid dienone is 3. The van der Waals surface area contributed by atoms with Gasteiger partial charge in [-0.15, -0.1) is 0 Å². The number of hydrogen-bond donors (Lipinski definition) is 3. The topological polar surface area (TPSA) is 158 Å². The molecule has 0 radical (unpaired) electrons. The van der Waals surface area contributed by atoms with Gasteiger partial charge in [0.15, 0.2) is 0 Å². The van der Waals surface area contributed by atoms with Gasteiger partial charge in [-0.2, -0.15) is 0 Å². The lowest BCUT2D eigenvalue weighted by atomic mass is 9.83. The van der Waals surface area contributed by atoms with Gasteiger partial charge in [0.2, 0.25) is 17.7 Å². The number of nitrogens with one attached hydrogen (secondary N) is 2. The Hall–Kier alpha value is -5.33. The highest BCUT2D eigenvalue weighted by molar-refractivity contribution is 6.30. The smallest absolute Gasteiger partial charge is 0.251 e. The highest BCUT2D eigenvalue weighted by Gasteiger charge is 2.39. The van der Waals surface area contributed by atoms with Crippen LogP contribution in [0.25, 0.3) is 0 Å². The lowest BCUT2D eigenvalue weighted by Crippen LogP contribution is -2.57. The molecule has 1 aromatic heterocycles. The minimum absolute atomic E-state index is 0.00918. The molecule has 7 aliphatic rings. The monoisotopic (exact) mass is 1110 g/mol. The molecule has 3 aliphatic carbocycles. The molecule has 2 aromatic carbocycles. The highest BCUT2D eigenvalue weighted by Crippen LogP contribution is 2.43. The summed E-state index contributed by atoms with van der Waals surface area (Å²) in [5, 5.41) is 17.5. The fraction of sp³-hybridized carbons (Fsp3) is 0.607. The van der Waals surface area contributed by atoms with Crippen molar-refractivity contribution < 1.29 is 33.1 Å². The first kappa shape index (κ1) is 56.9.